The molecule has 2 aromatic heterocycles. The Labute approximate surface area is 97.3 Å². The predicted octanol–water partition coefficient (Wildman–Crippen LogP) is 3.07. The van der Waals surface area contributed by atoms with Crippen LogP contribution in [0.5, 0.6) is 0 Å². The summed E-state index contributed by atoms with van der Waals surface area (Å²) < 4.78 is 1.89. The quantitative estimate of drug-likeness (QED) is 0.642. The van der Waals surface area contributed by atoms with Gasteiger partial charge in [0.25, 0.3) is 0 Å². The Morgan fingerprint density at radius 3 is 2.75 bits per heavy atom. The van der Waals surface area contributed by atoms with E-state index in [4.69, 9.17) is 11.6 Å². The second kappa shape index (κ2) is 3.61. The molecule has 0 aliphatic carbocycles. The summed E-state index contributed by atoms with van der Waals surface area (Å²) in [5.74, 6) is 0.706. The second-order valence-electron chi connectivity index (χ2n) is 3.41. The van der Waals surface area contributed by atoms with Gasteiger partial charge in [-0.3, -0.25) is 4.57 Å². The van der Waals surface area contributed by atoms with Crippen molar-refractivity contribution in [1.82, 2.24) is 14.5 Å². The Bertz CT molecular complexity index is 645. The SMILES string of the molecule is Clc1cccnc1-n1cnc2ccccc21. The van der Waals surface area contributed by atoms with Gasteiger partial charge >= 0.3 is 0 Å². The molecule has 0 N–H and O–H groups in total. The number of para-hydroxylation sites is 2. The number of pyridine rings is 1. The zero-order valence-corrected chi connectivity index (χ0v) is 9.09. The third-order valence-corrected chi connectivity index (χ3v) is 2.72. The minimum atomic E-state index is 0.616. The minimum Gasteiger partial charge on any atom is -0.282 e. The molecular weight excluding hydrogens is 222 g/mol. The summed E-state index contributed by atoms with van der Waals surface area (Å²) in [6, 6.07) is 11.5. The van der Waals surface area contributed by atoms with Crippen molar-refractivity contribution in [2.75, 3.05) is 0 Å². The van der Waals surface area contributed by atoms with Gasteiger partial charge in [0, 0.05) is 6.20 Å². The van der Waals surface area contributed by atoms with Crippen LogP contribution in [0.2, 0.25) is 5.02 Å². The molecule has 0 saturated heterocycles. The van der Waals surface area contributed by atoms with Crippen molar-refractivity contribution in [1.29, 1.82) is 0 Å². The van der Waals surface area contributed by atoms with Gasteiger partial charge in [-0.25, -0.2) is 9.97 Å². The monoisotopic (exact) mass is 229 g/mol. The van der Waals surface area contributed by atoms with Crippen LogP contribution in [-0.2, 0) is 0 Å². The third-order valence-electron chi connectivity index (χ3n) is 2.42. The molecule has 0 unspecified atom stereocenters. The summed E-state index contributed by atoms with van der Waals surface area (Å²) in [6.07, 6.45) is 3.45. The van der Waals surface area contributed by atoms with Crippen molar-refractivity contribution in [3.05, 3.63) is 53.9 Å². The maximum absolute atomic E-state index is 6.10. The van der Waals surface area contributed by atoms with Gasteiger partial charge in [0.2, 0.25) is 0 Å². The van der Waals surface area contributed by atoms with Crippen molar-refractivity contribution in [3.8, 4) is 5.82 Å². The van der Waals surface area contributed by atoms with E-state index in [9.17, 15) is 0 Å². The Morgan fingerprint density at radius 1 is 1.00 bits per heavy atom. The van der Waals surface area contributed by atoms with Crippen molar-refractivity contribution in [2.24, 2.45) is 0 Å². The minimum absolute atomic E-state index is 0.616. The Morgan fingerprint density at radius 2 is 1.88 bits per heavy atom. The molecule has 0 radical (unpaired) electrons. The number of aromatic nitrogens is 3. The molecule has 0 aliphatic rings. The highest BCUT2D eigenvalue weighted by Gasteiger charge is 2.07. The normalized spacial score (nSPS) is 10.8. The summed E-state index contributed by atoms with van der Waals surface area (Å²) in [7, 11) is 0. The molecule has 0 bridgehead atoms. The molecule has 3 nitrogen and oxygen atoms in total. The maximum Gasteiger partial charge on any atom is 0.157 e. The third kappa shape index (κ3) is 1.37. The largest absolute Gasteiger partial charge is 0.282 e. The molecule has 16 heavy (non-hydrogen) atoms. The summed E-state index contributed by atoms with van der Waals surface area (Å²) in [6.45, 7) is 0. The topological polar surface area (TPSA) is 30.7 Å². The first-order valence-electron chi connectivity index (χ1n) is 4.89. The molecule has 1 aromatic carbocycles. The number of imidazole rings is 1. The molecule has 3 rings (SSSR count). The van der Waals surface area contributed by atoms with E-state index in [1.54, 1.807) is 12.5 Å². The van der Waals surface area contributed by atoms with Gasteiger partial charge in [-0.2, -0.15) is 0 Å². The first kappa shape index (κ1) is 9.36. The molecule has 0 amide bonds. The average molecular weight is 230 g/mol. The molecule has 0 fully saturated rings. The van der Waals surface area contributed by atoms with Gasteiger partial charge in [-0.1, -0.05) is 23.7 Å². The number of benzene rings is 1. The smallest absolute Gasteiger partial charge is 0.157 e. The fraction of sp³-hybridized carbons (Fsp3) is 0. The van der Waals surface area contributed by atoms with Crippen LogP contribution in [0.3, 0.4) is 0 Å². The van der Waals surface area contributed by atoms with Crippen molar-refractivity contribution < 1.29 is 0 Å². The Balaban J connectivity index is 2.31. The van der Waals surface area contributed by atoms with Gasteiger partial charge < -0.3 is 0 Å². The first-order valence-corrected chi connectivity index (χ1v) is 5.27. The van der Waals surface area contributed by atoms with E-state index in [-0.39, 0.29) is 0 Å². The fourth-order valence-corrected chi connectivity index (χ4v) is 1.90. The lowest BCUT2D eigenvalue weighted by atomic mass is 10.3. The molecule has 0 atom stereocenters. The van der Waals surface area contributed by atoms with Crippen molar-refractivity contribution >= 4 is 22.6 Å². The fourth-order valence-electron chi connectivity index (χ4n) is 1.68. The van der Waals surface area contributed by atoms with Crippen LogP contribution in [0, 0.1) is 0 Å². The summed E-state index contributed by atoms with van der Waals surface area (Å²) >= 11 is 6.10. The lowest BCUT2D eigenvalue weighted by Gasteiger charge is -2.04. The molecule has 0 saturated carbocycles. The highest BCUT2D eigenvalue weighted by atomic mass is 35.5. The molecule has 2 heterocycles. The first-order chi connectivity index (χ1) is 7.86. The average Bonchev–Trinajstić information content (AvgIpc) is 2.74. The number of hydrogen-bond acceptors (Lipinski definition) is 2. The van der Waals surface area contributed by atoms with E-state index in [0.29, 0.717) is 10.8 Å². The number of halogens is 1. The van der Waals surface area contributed by atoms with E-state index in [0.717, 1.165) is 11.0 Å². The number of hydrogen-bond donors (Lipinski definition) is 0. The molecule has 3 aromatic rings. The van der Waals surface area contributed by atoms with Crippen LogP contribution in [0.1, 0.15) is 0 Å². The van der Waals surface area contributed by atoms with E-state index in [1.165, 1.54) is 0 Å². The predicted molar refractivity (Wildman–Crippen MR) is 63.9 cm³/mol. The van der Waals surface area contributed by atoms with Crippen molar-refractivity contribution in [2.45, 2.75) is 0 Å². The van der Waals surface area contributed by atoms with Crippen LogP contribution in [0.15, 0.2) is 48.9 Å². The summed E-state index contributed by atoms with van der Waals surface area (Å²) in [5, 5.41) is 0.616. The zero-order valence-electron chi connectivity index (χ0n) is 8.34. The summed E-state index contributed by atoms with van der Waals surface area (Å²) in [5.41, 5.74) is 1.94. The van der Waals surface area contributed by atoms with Crippen LogP contribution in [-0.4, -0.2) is 14.5 Å². The molecule has 0 spiro atoms. The van der Waals surface area contributed by atoms with E-state index in [1.807, 2.05) is 41.0 Å². The lowest BCUT2D eigenvalue weighted by Crippen LogP contribution is -1.95. The second-order valence-corrected chi connectivity index (χ2v) is 3.82. The van der Waals surface area contributed by atoms with Crippen LogP contribution < -0.4 is 0 Å². The van der Waals surface area contributed by atoms with Gasteiger partial charge in [0.05, 0.1) is 16.1 Å². The number of fused-ring (bicyclic) bond motifs is 1. The number of nitrogens with zero attached hydrogens (tertiary/aromatic N) is 3. The van der Waals surface area contributed by atoms with Gasteiger partial charge in [0.1, 0.15) is 6.33 Å². The maximum atomic E-state index is 6.10. The lowest BCUT2D eigenvalue weighted by molar-refractivity contribution is 1.02. The molecular formula is C12H8ClN3. The highest BCUT2D eigenvalue weighted by Crippen LogP contribution is 2.21. The Hall–Kier alpha value is -1.87. The van der Waals surface area contributed by atoms with E-state index >= 15 is 0 Å². The Kier molecular flexibility index (Phi) is 2.11. The summed E-state index contributed by atoms with van der Waals surface area (Å²) in [4.78, 5) is 8.56. The number of rotatable bonds is 1. The van der Waals surface area contributed by atoms with Gasteiger partial charge in [-0.05, 0) is 24.3 Å². The van der Waals surface area contributed by atoms with Crippen LogP contribution in [0.25, 0.3) is 16.9 Å². The highest BCUT2D eigenvalue weighted by molar-refractivity contribution is 6.32. The van der Waals surface area contributed by atoms with Gasteiger partial charge in [0.15, 0.2) is 5.82 Å². The van der Waals surface area contributed by atoms with Crippen LogP contribution in [0.4, 0.5) is 0 Å². The molecule has 0 aliphatic heterocycles. The van der Waals surface area contributed by atoms with Crippen molar-refractivity contribution in [3.63, 3.8) is 0 Å². The zero-order chi connectivity index (χ0) is 11.0. The van der Waals surface area contributed by atoms with Gasteiger partial charge in [-0.15, -0.1) is 0 Å². The molecule has 78 valence electrons. The van der Waals surface area contributed by atoms with Crippen LogP contribution >= 0.6 is 11.6 Å². The van der Waals surface area contributed by atoms with E-state index < -0.39 is 0 Å². The van der Waals surface area contributed by atoms with E-state index in [2.05, 4.69) is 9.97 Å². The molecule has 4 heteroatoms. The standard InChI is InChI=1S/C12H8ClN3/c13-9-4-3-7-14-12(9)16-8-15-10-5-1-2-6-11(10)16/h1-8H.